The number of ether oxygens (including phenoxy) is 1. The first-order valence-corrected chi connectivity index (χ1v) is 12.9. The lowest BCUT2D eigenvalue weighted by Gasteiger charge is -2.44. The van der Waals surface area contributed by atoms with Crippen molar-refractivity contribution in [3.8, 4) is 0 Å². The molecule has 4 fully saturated rings. The third kappa shape index (κ3) is 4.70. The fourth-order valence-electron chi connectivity index (χ4n) is 7.10. The molecular weight excluding hydrogens is 384 g/mol. The highest BCUT2D eigenvalue weighted by molar-refractivity contribution is 5.28. The van der Waals surface area contributed by atoms with Gasteiger partial charge in [-0.05, 0) is 93.8 Å². The van der Waals surface area contributed by atoms with Gasteiger partial charge in [-0.25, -0.2) is 0 Å². The van der Waals surface area contributed by atoms with Gasteiger partial charge in [0, 0.05) is 12.0 Å². The van der Waals surface area contributed by atoms with Crippen molar-refractivity contribution in [2.45, 2.75) is 117 Å². The van der Waals surface area contributed by atoms with Crippen LogP contribution in [0.4, 0.5) is 0 Å². The van der Waals surface area contributed by atoms with Crippen molar-refractivity contribution in [2.24, 2.45) is 28.1 Å². The first-order valence-electron chi connectivity index (χ1n) is 12.9. The minimum Gasteiger partial charge on any atom is -0.392 e. The van der Waals surface area contributed by atoms with E-state index in [1.54, 1.807) is 5.57 Å². The summed E-state index contributed by atoms with van der Waals surface area (Å²) >= 11 is 0. The lowest BCUT2D eigenvalue weighted by Crippen LogP contribution is -2.39. The summed E-state index contributed by atoms with van der Waals surface area (Å²) < 4.78 is 6.37. The van der Waals surface area contributed by atoms with Crippen LogP contribution in [0.3, 0.4) is 0 Å². The maximum absolute atomic E-state index is 10.5. The second kappa shape index (κ2) is 8.61. The fourth-order valence-corrected chi connectivity index (χ4v) is 7.10. The van der Waals surface area contributed by atoms with E-state index >= 15 is 0 Å². The van der Waals surface area contributed by atoms with Gasteiger partial charge in [0.15, 0.2) is 0 Å². The van der Waals surface area contributed by atoms with Gasteiger partial charge >= 0.3 is 0 Å². The highest BCUT2D eigenvalue weighted by Gasteiger charge is 2.56. The second-order valence-electron chi connectivity index (χ2n) is 12.7. The van der Waals surface area contributed by atoms with Gasteiger partial charge in [-0.2, -0.15) is 0 Å². The van der Waals surface area contributed by atoms with Crippen LogP contribution in [0.1, 0.15) is 98.8 Å². The summed E-state index contributed by atoms with van der Waals surface area (Å²) in [4.78, 5) is 0. The molecule has 4 aliphatic rings. The number of aliphatic hydroxyl groups is 2. The normalized spacial score (nSPS) is 39.6. The molecule has 31 heavy (non-hydrogen) atoms. The first kappa shape index (κ1) is 23.5. The predicted molar refractivity (Wildman–Crippen MR) is 127 cm³/mol. The van der Waals surface area contributed by atoms with E-state index in [2.05, 4.69) is 46.8 Å². The number of fused-ring (bicyclic) bond motifs is 1. The molecule has 0 aromatic heterocycles. The van der Waals surface area contributed by atoms with Crippen molar-refractivity contribution in [3.05, 3.63) is 23.3 Å². The Morgan fingerprint density at radius 1 is 1.06 bits per heavy atom. The van der Waals surface area contributed by atoms with E-state index < -0.39 is 0 Å². The number of rotatable bonds is 5. The molecule has 3 nitrogen and oxygen atoms in total. The van der Waals surface area contributed by atoms with E-state index in [0.717, 1.165) is 38.7 Å². The molecule has 0 saturated heterocycles. The van der Waals surface area contributed by atoms with Crippen molar-refractivity contribution in [1.29, 1.82) is 0 Å². The van der Waals surface area contributed by atoms with E-state index in [-0.39, 0.29) is 17.6 Å². The van der Waals surface area contributed by atoms with Crippen LogP contribution in [0.15, 0.2) is 23.3 Å². The van der Waals surface area contributed by atoms with Crippen molar-refractivity contribution >= 4 is 0 Å². The Labute approximate surface area is 190 Å². The van der Waals surface area contributed by atoms with Gasteiger partial charge < -0.3 is 14.9 Å². The zero-order valence-electron chi connectivity index (χ0n) is 20.6. The molecule has 2 N–H and O–H groups in total. The molecule has 0 heterocycles. The molecule has 0 radical (unpaired) electrons. The van der Waals surface area contributed by atoms with Gasteiger partial charge in [0.2, 0.25) is 0 Å². The zero-order chi connectivity index (χ0) is 22.4. The SMILES string of the molecule is C[C@@H](OCCC(C)(C)C)C1CCC2/C(=C/C=C3C[C@@H](O)C4(CC4)[C@H](O)C3)CCCC21C. The smallest absolute Gasteiger partial charge is 0.0658 e. The van der Waals surface area contributed by atoms with Gasteiger partial charge in [-0.3, -0.25) is 0 Å². The Kier molecular flexibility index (Phi) is 6.53. The van der Waals surface area contributed by atoms with E-state index in [1.807, 2.05) is 0 Å². The van der Waals surface area contributed by atoms with Crippen molar-refractivity contribution < 1.29 is 14.9 Å². The van der Waals surface area contributed by atoms with Crippen LogP contribution in [-0.4, -0.2) is 35.1 Å². The molecule has 4 aliphatic carbocycles. The van der Waals surface area contributed by atoms with Gasteiger partial charge in [-0.15, -0.1) is 0 Å². The fraction of sp³-hybridized carbons (Fsp3) is 0.857. The predicted octanol–water partition coefficient (Wildman–Crippen LogP) is 6.19. The first-order chi connectivity index (χ1) is 14.6. The molecule has 6 atom stereocenters. The van der Waals surface area contributed by atoms with E-state index in [1.165, 1.54) is 37.7 Å². The second-order valence-corrected chi connectivity index (χ2v) is 12.7. The number of hydrogen-bond donors (Lipinski definition) is 2. The topological polar surface area (TPSA) is 49.7 Å². The zero-order valence-corrected chi connectivity index (χ0v) is 20.6. The van der Waals surface area contributed by atoms with Crippen LogP contribution in [0.25, 0.3) is 0 Å². The third-order valence-electron chi connectivity index (χ3n) is 9.44. The van der Waals surface area contributed by atoms with Crippen LogP contribution in [-0.2, 0) is 4.74 Å². The maximum Gasteiger partial charge on any atom is 0.0658 e. The average Bonchev–Trinajstić information content (AvgIpc) is 3.40. The van der Waals surface area contributed by atoms with Gasteiger partial charge in [0.1, 0.15) is 0 Å². The summed E-state index contributed by atoms with van der Waals surface area (Å²) in [5.41, 5.74) is 3.32. The minimum absolute atomic E-state index is 0.171. The molecule has 0 aromatic carbocycles. The molecule has 0 aliphatic heterocycles. The number of allylic oxidation sites excluding steroid dienone is 3. The molecular formula is C28H46O3. The minimum atomic E-state index is -0.362. The molecule has 0 amide bonds. The van der Waals surface area contributed by atoms with Crippen molar-refractivity contribution in [1.82, 2.24) is 0 Å². The monoisotopic (exact) mass is 430 g/mol. The van der Waals surface area contributed by atoms with Crippen LogP contribution in [0.5, 0.6) is 0 Å². The standard InChI is InChI=1S/C28H46O3/c1-19(31-16-15-26(2,3)4)22-10-11-23-21(7-6-12-27(22,23)5)9-8-20-17-24(29)28(13-14-28)25(30)18-20/h8-9,19,22-25,29-30H,6-7,10-18H2,1-5H3/b21-9+/t19-,22?,23?,24-,25-,27?/m1/s1. The highest BCUT2D eigenvalue weighted by Crippen LogP contribution is 2.59. The van der Waals surface area contributed by atoms with Crippen molar-refractivity contribution in [2.75, 3.05) is 6.61 Å². The van der Waals surface area contributed by atoms with E-state index in [0.29, 0.717) is 28.8 Å². The lowest BCUT2D eigenvalue weighted by molar-refractivity contribution is -0.0318. The Bertz CT molecular complexity index is 694. The molecule has 0 bridgehead atoms. The Balaban J connectivity index is 1.41. The third-order valence-corrected chi connectivity index (χ3v) is 9.44. The summed E-state index contributed by atoms with van der Waals surface area (Å²) in [5, 5.41) is 21.1. The van der Waals surface area contributed by atoms with Crippen molar-refractivity contribution in [3.63, 3.8) is 0 Å². The summed E-state index contributed by atoms with van der Waals surface area (Å²) in [7, 11) is 0. The van der Waals surface area contributed by atoms with Crippen LogP contribution in [0, 0.1) is 28.1 Å². The van der Waals surface area contributed by atoms with Crippen LogP contribution >= 0.6 is 0 Å². The van der Waals surface area contributed by atoms with E-state index in [9.17, 15) is 10.2 Å². The van der Waals surface area contributed by atoms with E-state index in [4.69, 9.17) is 4.74 Å². The largest absolute Gasteiger partial charge is 0.392 e. The summed E-state index contributed by atoms with van der Waals surface area (Å²) in [6.07, 6.45) is 15.1. The summed E-state index contributed by atoms with van der Waals surface area (Å²) in [5.74, 6) is 1.30. The molecule has 1 spiro atoms. The molecule has 176 valence electrons. The molecule has 3 heteroatoms. The number of aliphatic hydroxyl groups excluding tert-OH is 2. The number of hydrogen-bond acceptors (Lipinski definition) is 3. The molecule has 4 saturated carbocycles. The molecule has 3 unspecified atom stereocenters. The Hall–Kier alpha value is -0.640. The van der Waals surface area contributed by atoms with Gasteiger partial charge in [0.05, 0.1) is 18.3 Å². The summed E-state index contributed by atoms with van der Waals surface area (Å²) in [6.45, 7) is 12.5. The Morgan fingerprint density at radius 3 is 2.35 bits per heavy atom. The quantitative estimate of drug-likeness (QED) is 0.546. The maximum atomic E-state index is 10.5. The summed E-state index contributed by atoms with van der Waals surface area (Å²) in [6, 6.07) is 0. The average molecular weight is 431 g/mol. The van der Waals surface area contributed by atoms with Crippen LogP contribution in [0.2, 0.25) is 0 Å². The lowest BCUT2D eigenvalue weighted by atomic mass is 9.62. The Morgan fingerprint density at radius 2 is 1.74 bits per heavy atom. The highest BCUT2D eigenvalue weighted by atomic mass is 16.5. The molecule has 4 rings (SSSR count). The molecule has 0 aromatic rings. The van der Waals surface area contributed by atoms with Crippen LogP contribution < -0.4 is 0 Å². The van der Waals surface area contributed by atoms with Gasteiger partial charge in [-0.1, -0.05) is 51.0 Å². The van der Waals surface area contributed by atoms with Gasteiger partial charge in [0.25, 0.3) is 0 Å².